The molecule has 0 spiro atoms. The highest BCUT2D eigenvalue weighted by molar-refractivity contribution is 6.42. The number of nitrogens with two attached hydrogens (primary N) is 1. The van der Waals surface area contributed by atoms with Gasteiger partial charge in [0.25, 0.3) is 0 Å². The molecular weight excluding hydrogens is 245 g/mol. The summed E-state index contributed by atoms with van der Waals surface area (Å²) < 4.78 is 0. The molecule has 16 heavy (non-hydrogen) atoms. The summed E-state index contributed by atoms with van der Waals surface area (Å²) in [4.78, 5) is 2.13. The quantitative estimate of drug-likeness (QED) is 0.820. The summed E-state index contributed by atoms with van der Waals surface area (Å²) in [6.07, 6.45) is 0. The first-order chi connectivity index (χ1) is 7.41. The fourth-order valence-electron chi connectivity index (χ4n) is 1.16. The van der Waals surface area contributed by atoms with E-state index in [0.29, 0.717) is 21.8 Å². The van der Waals surface area contributed by atoms with E-state index >= 15 is 0 Å². The summed E-state index contributed by atoms with van der Waals surface area (Å²) in [7, 11) is 4.06. The molecule has 5 heteroatoms. The number of nitrogen functional groups attached to an aromatic ring is 1. The monoisotopic (exact) mass is 261 g/mol. The van der Waals surface area contributed by atoms with Crippen molar-refractivity contribution in [3.8, 4) is 0 Å². The Labute approximate surface area is 107 Å². The maximum atomic E-state index is 5.93. The summed E-state index contributed by atoms with van der Waals surface area (Å²) in [5, 5.41) is 4.24. The Bertz CT molecular complexity index is 366. The zero-order valence-electron chi connectivity index (χ0n) is 9.72. The van der Waals surface area contributed by atoms with Gasteiger partial charge in [-0.05, 0) is 33.2 Å². The van der Waals surface area contributed by atoms with E-state index in [-0.39, 0.29) is 0 Å². The Morgan fingerprint density at radius 1 is 1.31 bits per heavy atom. The minimum absolute atomic E-state index is 0.411. The molecule has 1 aromatic carbocycles. The smallest absolute Gasteiger partial charge is 0.0614 e. The van der Waals surface area contributed by atoms with Crippen molar-refractivity contribution in [2.45, 2.75) is 13.0 Å². The Hall–Kier alpha value is -0.640. The van der Waals surface area contributed by atoms with Crippen molar-refractivity contribution in [3.63, 3.8) is 0 Å². The minimum atomic E-state index is 0.411. The number of rotatable bonds is 4. The van der Waals surface area contributed by atoms with Gasteiger partial charge in [-0.1, -0.05) is 23.2 Å². The van der Waals surface area contributed by atoms with E-state index in [1.165, 1.54) is 0 Å². The average molecular weight is 262 g/mol. The van der Waals surface area contributed by atoms with E-state index in [9.17, 15) is 0 Å². The molecule has 0 saturated carbocycles. The van der Waals surface area contributed by atoms with Gasteiger partial charge in [-0.3, -0.25) is 0 Å². The van der Waals surface area contributed by atoms with E-state index in [0.717, 1.165) is 12.2 Å². The first-order valence-electron chi connectivity index (χ1n) is 5.06. The molecule has 0 fully saturated rings. The Balaban J connectivity index is 2.71. The summed E-state index contributed by atoms with van der Waals surface area (Å²) in [6.45, 7) is 2.93. The van der Waals surface area contributed by atoms with Crippen LogP contribution < -0.4 is 11.1 Å². The van der Waals surface area contributed by atoms with Crippen molar-refractivity contribution in [2.24, 2.45) is 0 Å². The standard InChI is InChI=1S/C11H17Cl2N3/c1-7(16(2)3)6-15-11-5-9(13)8(12)4-10(11)14/h4-5,7,15H,6,14H2,1-3H3. The molecule has 3 nitrogen and oxygen atoms in total. The molecule has 0 saturated heterocycles. The predicted molar refractivity (Wildman–Crippen MR) is 72.5 cm³/mol. The molecule has 0 amide bonds. The second kappa shape index (κ2) is 5.62. The van der Waals surface area contributed by atoms with Crippen LogP contribution in [0.25, 0.3) is 0 Å². The van der Waals surface area contributed by atoms with Gasteiger partial charge in [0.15, 0.2) is 0 Å². The highest BCUT2D eigenvalue weighted by atomic mass is 35.5. The molecule has 90 valence electrons. The molecule has 1 atom stereocenters. The van der Waals surface area contributed by atoms with Crippen molar-refractivity contribution in [2.75, 3.05) is 31.7 Å². The number of hydrogen-bond donors (Lipinski definition) is 2. The number of nitrogens with one attached hydrogen (secondary N) is 1. The van der Waals surface area contributed by atoms with Crippen LogP contribution in [0.4, 0.5) is 11.4 Å². The van der Waals surface area contributed by atoms with Crippen LogP contribution >= 0.6 is 23.2 Å². The van der Waals surface area contributed by atoms with Crippen LogP contribution in [0, 0.1) is 0 Å². The van der Waals surface area contributed by atoms with Gasteiger partial charge in [0.05, 0.1) is 21.4 Å². The molecule has 0 aromatic heterocycles. The molecule has 0 aliphatic carbocycles. The summed E-state index contributed by atoms with van der Waals surface area (Å²) in [5.41, 5.74) is 7.27. The SMILES string of the molecule is CC(CNc1cc(Cl)c(Cl)cc1N)N(C)C. The van der Waals surface area contributed by atoms with Crippen LogP contribution in [0.5, 0.6) is 0 Å². The Morgan fingerprint density at radius 3 is 2.44 bits per heavy atom. The largest absolute Gasteiger partial charge is 0.397 e. The molecule has 1 aromatic rings. The maximum Gasteiger partial charge on any atom is 0.0614 e. The highest BCUT2D eigenvalue weighted by Crippen LogP contribution is 2.30. The highest BCUT2D eigenvalue weighted by Gasteiger charge is 2.07. The second-order valence-corrected chi connectivity index (χ2v) is 4.86. The van der Waals surface area contributed by atoms with E-state index in [4.69, 9.17) is 28.9 Å². The lowest BCUT2D eigenvalue weighted by atomic mass is 10.2. The zero-order chi connectivity index (χ0) is 12.3. The second-order valence-electron chi connectivity index (χ2n) is 4.05. The van der Waals surface area contributed by atoms with Crippen LogP contribution in [0.1, 0.15) is 6.92 Å². The van der Waals surface area contributed by atoms with Gasteiger partial charge in [-0.25, -0.2) is 0 Å². The first-order valence-corrected chi connectivity index (χ1v) is 5.82. The maximum absolute atomic E-state index is 5.93. The average Bonchev–Trinajstić information content (AvgIpc) is 2.20. The molecule has 0 aliphatic rings. The molecular formula is C11H17Cl2N3. The van der Waals surface area contributed by atoms with Crippen molar-refractivity contribution in [1.29, 1.82) is 0 Å². The Kier molecular flexibility index (Phi) is 4.71. The van der Waals surface area contributed by atoms with Crippen LogP contribution in [0.3, 0.4) is 0 Å². The predicted octanol–water partition coefficient (Wildman–Crippen LogP) is 2.94. The van der Waals surface area contributed by atoms with Crippen molar-refractivity contribution in [3.05, 3.63) is 22.2 Å². The lowest BCUT2D eigenvalue weighted by Crippen LogP contribution is -2.31. The number of likely N-dealkylation sites (N-methyl/N-ethyl adjacent to an activating group) is 1. The third-order valence-electron chi connectivity index (χ3n) is 2.56. The zero-order valence-corrected chi connectivity index (χ0v) is 11.2. The third-order valence-corrected chi connectivity index (χ3v) is 3.28. The van der Waals surface area contributed by atoms with E-state index < -0.39 is 0 Å². The van der Waals surface area contributed by atoms with Gasteiger partial charge in [0.1, 0.15) is 0 Å². The number of nitrogens with zero attached hydrogens (tertiary/aromatic N) is 1. The van der Waals surface area contributed by atoms with E-state index in [1.807, 2.05) is 14.1 Å². The van der Waals surface area contributed by atoms with Gasteiger partial charge in [0.2, 0.25) is 0 Å². The number of benzene rings is 1. The topological polar surface area (TPSA) is 41.3 Å². The summed E-state index contributed by atoms with van der Waals surface area (Å²) >= 11 is 11.8. The van der Waals surface area contributed by atoms with Crippen LogP contribution in [0.2, 0.25) is 10.0 Å². The number of anilines is 2. The molecule has 1 unspecified atom stereocenters. The molecule has 0 aliphatic heterocycles. The minimum Gasteiger partial charge on any atom is -0.397 e. The van der Waals surface area contributed by atoms with E-state index in [1.54, 1.807) is 12.1 Å². The van der Waals surface area contributed by atoms with Gasteiger partial charge in [-0.15, -0.1) is 0 Å². The summed E-state index contributed by atoms with van der Waals surface area (Å²) in [6, 6.07) is 3.82. The van der Waals surface area contributed by atoms with Gasteiger partial charge >= 0.3 is 0 Å². The third kappa shape index (κ3) is 3.44. The number of hydrogen-bond acceptors (Lipinski definition) is 3. The summed E-state index contributed by atoms with van der Waals surface area (Å²) in [5.74, 6) is 0. The fourth-order valence-corrected chi connectivity index (χ4v) is 1.49. The normalized spacial score (nSPS) is 12.9. The molecule has 0 bridgehead atoms. The lowest BCUT2D eigenvalue weighted by Gasteiger charge is -2.21. The number of halogens is 2. The van der Waals surface area contributed by atoms with Gasteiger partial charge in [0, 0.05) is 12.6 Å². The van der Waals surface area contributed by atoms with Crippen LogP contribution in [-0.4, -0.2) is 31.6 Å². The first kappa shape index (κ1) is 13.4. The van der Waals surface area contributed by atoms with Crippen LogP contribution in [-0.2, 0) is 0 Å². The van der Waals surface area contributed by atoms with Crippen molar-refractivity contribution in [1.82, 2.24) is 4.90 Å². The fraction of sp³-hybridized carbons (Fsp3) is 0.455. The molecule has 3 N–H and O–H groups in total. The molecule has 0 radical (unpaired) electrons. The van der Waals surface area contributed by atoms with Gasteiger partial charge in [-0.2, -0.15) is 0 Å². The van der Waals surface area contributed by atoms with E-state index in [2.05, 4.69) is 17.1 Å². The van der Waals surface area contributed by atoms with Crippen molar-refractivity contribution < 1.29 is 0 Å². The lowest BCUT2D eigenvalue weighted by molar-refractivity contribution is 0.326. The van der Waals surface area contributed by atoms with Gasteiger partial charge < -0.3 is 16.0 Å². The van der Waals surface area contributed by atoms with Crippen molar-refractivity contribution >= 4 is 34.6 Å². The molecule has 1 rings (SSSR count). The molecule has 0 heterocycles. The van der Waals surface area contributed by atoms with Crippen LogP contribution in [0.15, 0.2) is 12.1 Å². The Morgan fingerprint density at radius 2 is 1.88 bits per heavy atom.